The molecule has 0 aliphatic rings. The van der Waals surface area contributed by atoms with Gasteiger partial charge in [-0.25, -0.2) is 4.79 Å². The summed E-state index contributed by atoms with van der Waals surface area (Å²) in [5.74, 6) is 0. The van der Waals surface area contributed by atoms with Crippen LogP contribution in [0.25, 0.3) is 11.0 Å². The Morgan fingerprint density at radius 3 is 2.59 bits per heavy atom. The molecule has 3 aromatic rings. The lowest BCUT2D eigenvalue weighted by molar-refractivity contribution is 0.559. The molecule has 0 fully saturated rings. The lowest BCUT2D eigenvalue weighted by atomic mass is 10.0. The van der Waals surface area contributed by atoms with E-state index in [0.29, 0.717) is 12.1 Å². The Morgan fingerprint density at radius 1 is 1.09 bits per heavy atom. The highest BCUT2D eigenvalue weighted by Crippen LogP contribution is 2.25. The van der Waals surface area contributed by atoms with Crippen molar-refractivity contribution in [2.75, 3.05) is 5.32 Å². The number of aryl methyl sites for hydroxylation is 2. The van der Waals surface area contributed by atoms with Crippen LogP contribution in [-0.4, -0.2) is 0 Å². The molecule has 0 unspecified atom stereocenters. The van der Waals surface area contributed by atoms with E-state index in [9.17, 15) is 4.79 Å². The van der Waals surface area contributed by atoms with Gasteiger partial charge >= 0.3 is 5.63 Å². The van der Waals surface area contributed by atoms with Crippen molar-refractivity contribution in [2.45, 2.75) is 20.4 Å². The number of halogens is 1. The van der Waals surface area contributed by atoms with E-state index in [1.54, 1.807) is 6.07 Å². The first-order valence-corrected chi connectivity index (χ1v) is 7.86. The van der Waals surface area contributed by atoms with Crippen molar-refractivity contribution in [2.24, 2.45) is 0 Å². The maximum atomic E-state index is 11.8. The van der Waals surface area contributed by atoms with Gasteiger partial charge in [-0.1, -0.05) is 12.1 Å². The molecule has 22 heavy (non-hydrogen) atoms. The highest BCUT2D eigenvalue weighted by molar-refractivity contribution is 9.10. The molecular formula is C18H16BrNO2. The Balaban J connectivity index is 2.01. The molecule has 112 valence electrons. The summed E-state index contributed by atoms with van der Waals surface area (Å²) in [4.78, 5) is 11.8. The number of anilines is 1. The van der Waals surface area contributed by atoms with Crippen molar-refractivity contribution in [1.82, 2.24) is 0 Å². The van der Waals surface area contributed by atoms with Crippen LogP contribution in [0.5, 0.6) is 0 Å². The van der Waals surface area contributed by atoms with Crippen LogP contribution >= 0.6 is 15.9 Å². The Hall–Kier alpha value is -2.07. The van der Waals surface area contributed by atoms with Gasteiger partial charge in [-0.2, -0.15) is 0 Å². The number of hydrogen-bond donors (Lipinski definition) is 1. The fourth-order valence-corrected chi connectivity index (χ4v) is 2.85. The average Bonchev–Trinajstić information content (AvgIpc) is 2.48. The molecular weight excluding hydrogens is 342 g/mol. The molecule has 0 saturated carbocycles. The van der Waals surface area contributed by atoms with Gasteiger partial charge in [0.1, 0.15) is 5.58 Å². The first-order chi connectivity index (χ1) is 10.5. The first-order valence-electron chi connectivity index (χ1n) is 7.07. The van der Waals surface area contributed by atoms with E-state index in [1.807, 2.05) is 37.3 Å². The smallest absolute Gasteiger partial charge is 0.336 e. The van der Waals surface area contributed by atoms with Crippen LogP contribution < -0.4 is 10.9 Å². The average molecular weight is 358 g/mol. The standard InChI is InChI=1S/C18H16BrNO2/c1-11-7-14-13(9-18(21)22-17(14)8-12(11)2)10-20-16-6-4-3-5-15(16)19/h3-9,20H,10H2,1-2H3. The quantitative estimate of drug-likeness (QED) is 0.685. The van der Waals surface area contributed by atoms with Crippen molar-refractivity contribution >= 4 is 32.6 Å². The van der Waals surface area contributed by atoms with Crippen molar-refractivity contribution in [3.05, 3.63) is 74.0 Å². The van der Waals surface area contributed by atoms with E-state index in [0.717, 1.165) is 26.7 Å². The summed E-state index contributed by atoms with van der Waals surface area (Å²) < 4.78 is 6.32. The maximum Gasteiger partial charge on any atom is 0.336 e. The van der Waals surface area contributed by atoms with Gasteiger partial charge in [0, 0.05) is 28.2 Å². The van der Waals surface area contributed by atoms with Gasteiger partial charge in [-0.3, -0.25) is 0 Å². The van der Waals surface area contributed by atoms with Crippen molar-refractivity contribution in [3.8, 4) is 0 Å². The molecule has 0 saturated heterocycles. The molecule has 0 atom stereocenters. The molecule has 0 amide bonds. The lowest BCUT2D eigenvalue weighted by Gasteiger charge is -2.11. The summed E-state index contributed by atoms with van der Waals surface area (Å²) in [7, 11) is 0. The molecule has 1 N–H and O–H groups in total. The third-order valence-electron chi connectivity index (χ3n) is 3.79. The van der Waals surface area contributed by atoms with E-state index in [4.69, 9.17) is 4.42 Å². The summed E-state index contributed by atoms with van der Waals surface area (Å²) in [6.07, 6.45) is 0. The van der Waals surface area contributed by atoms with Crippen molar-refractivity contribution in [3.63, 3.8) is 0 Å². The summed E-state index contributed by atoms with van der Waals surface area (Å²) in [6.45, 7) is 4.64. The number of para-hydroxylation sites is 1. The van der Waals surface area contributed by atoms with Crippen LogP contribution in [0.2, 0.25) is 0 Å². The summed E-state index contributed by atoms with van der Waals surface area (Å²) >= 11 is 3.51. The van der Waals surface area contributed by atoms with Crippen LogP contribution in [0, 0.1) is 13.8 Å². The molecule has 0 aliphatic carbocycles. The van der Waals surface area contributed by atoms with Crippen LogP contribution in [0.4, 0.5) is 5.69 Å². The third-order valence-corrected chi connectivity index (χ3v) is 4.48. The molecule has 0 spiro atoms. The zero-order valence-electron chi connectivity index (χ0n) is 12.4. The normalized spacial score (nSPS) is 10.9. The van der Waals surface area contributed by atoms with E-state index in [1.165, 1.54) is 5.56 Å². The Labute approximate surface area is 137 Å². The minimum atomic E-state index is -0.320. The van der Waals surface area contributed by atoms with Crippen LogP contribution in [0.15, 0.2) is 56.1 Å². The largest absolute Gasteiger partial charge is 0.423 e. The number of benzene rings is 2. The number of nitrogens with one attached hydrogen (secondary N) is 1. The van der Waals surface area contributed by atoms with Gasteiger partial charge < -0.3 is 9.73 Å². The van der Waals surface area contributed by atoms with Gasteiger partial charge in [-0.05, 0) is 70.7 Å². The Morgan fingerprint density at radius 2 is 1.82 bits per heavy atom. The first kappa shape index (κ1) is 14.9. The molecule has 3 nitrogen and oxygen atoms in total. The van der Waals surface area contributed by atoms with Gasteiger partial charge in [0.25, 0.3) is 0 Å². The molecule has 2 aromatic carbocycles. The zero-order valence-corrected chi connectivity index (χ0v) is 14.0. The lowest BCUT2D eigenvalue weighted by Crippen LogP contribution is -2.06. The van der Waals surface area contributed by atoms with Crippen molar-refractivity contribution in [1.29, 1.82) is 0 Å². The van der Waals surface area contributed by atoms with E-state index in [-0.39, 0.29) is 5.63 Å². The van der Waals surface area contributed by atoms with Crippen LogP contribution in [-0.2, 0) is 6.54 Å². The maximum absolute atomic E-state index is 11.8. The minimum Gasteiger partial charge on any atom is -0.423 e. The van der Waals surface area contributed by atoms with E-state index in [2.05, 4.69) is 34.2 Å². The molecule has 1 heterocycles. The van der Waals surface area contributed by atoms with Crippen molar-refractivity contribution < 1.29 is 4.42 Å². The Bertz CT molecular complexity index is 899. The minimum absolute atomic E-state index is 0.320. The third kappa shape index (κ3) is 2.92. The molecule has 3 rings (SSSR count). The topological polar surface area (TPSA) is 42.2 Å². The Kier molecular flexibility index (Phi) is 4.03. The SMILES string of the molecule is Cc1cc2oc(=O)cc(CNc3ccccc3Br)c2cc1C. The number of rotatable bonds is 3. The van der Waals surface area contributed by atoms with Crippen LogP contribution in [0.3, 0.4) is 0 Å². The molecule has 4 heteroatoms. The highest BCUT2D eigenvalue weighted by Gasteiger charge is 2.08. The second kappa shape index (κ2) is 5.97. The predicted octanol–water partition coefficient (Wildman–Crippen LogP) is 4.78. The van der Waals surface area contributed by atoms with Gasteiger partial charge in [-0.15, -0.1) is 0 Å². The predicted molar refractivity (Wildman–Crippen MR) is 93.4 cm³/mol. The number of hydrogen-bond acceptors (Lipinski definition) is 3. The van der Waals surface area contributed by atoms with Gasteiger partial charge in [0.05, 0.1) is 0 Å². The van der Waals surface area contributed by atoms with Gasteiger partial charge in [0.2, 0.25) is 0 Å². The fraction of sp³-hybridized carbons (Fsp3) is 0.167. The summed E-state index contributed by atoms with van der Waals surface area (Å²) in [5, 5.41) is 4.33. The van der Waals surface area contributed by atoms with E-state index >= 15 is 0 Å². The van der Waals surface area contributed by atoms with E-state index < -0.39 is 0 Å². The zero-order chi connectivity index (χ0) is 15.7. The second-order valence-electron chi connectivity index (χ2n) is 5.36. The second-order valence-corrected chi connectivity index (χ2v) is 6.21. The fourth-order valence-electron chi connectivity index (χ4n) is 2.42. The van der Waals surface area contributed by atoms with Crippen LogP contribution in [0.1, 0.15) is 16.7 Å². The van der Waals surface area contributed by atoms with Gasteiger partial charge in [0.15, 0.2) is 0 Å². The highest BCUT2D eigenvalue weighted by atomic mass is 79.9. The summed E-state index contributed by atoms with van der Waals surface area (Å²) in [5.41, 5.74) is 4.55. The molecule has 0 bridgehead atoms. The number of fused-ring (bicyclic) bond motifs is 1. The summed E-state index contributed by atoms with van der Waals surface area (Å²) in [6, 6.07) is 13.5. The molecule has 0 radical (unpaired) electrons. The monoisotopic (exact) mass is 357 g/mol. The molecule has 1 aromatic heterocycles. The molecule has 0 aliphatic heterocycles.